The van der Waals surface area contributed by atoms with Crippen molar-refractivity contribution in [2.45, 2.75) is 25.7 Å². The highest BCUT2D eigenvalue weighted by molar-refractivity contribution is 5.79. The molecular weight excluding hydrogens is 184 g/mol. The molecule has 1 nitrogen and oxygen atoms in total. The summed E-state index contributed by atoms with van der Waals surface area (Å²) in [7, 11) is 0. The van der Waals surface area contributed by atoms with E-state index >= 15 is 0 Å². The second-order valence-electron chi connectivity index (χ2n) is 4.16. The van der Waals surface area contributed by atoms with E-state index in [2.05, 4.69) is 24.3 Å². The van der Waals surface area contributed by atoms with Crippen molar-refractivity contribution in [3.05, 3.63) is 42.0 Å². The Balaban J connectivity index is 1.96. The van der Waals surface area contributed by atoms with E-state index in [0.717, 1.165) is 25.7 Å². The van der Waals surface area contributed by atoms with Crippen LogP contribution < -0.4 is 0 Å². The molecule has 1 aromatic carbocycles. The quantitative estimate of drug-likeness (QED) is 0.714. The molecule has 1 saturated carbocycles. The lowest BCUT2D eigenvalue weighted by atomic mass is 9.88. The van der Waals surface area contributed by atoms with E-state index in [0.29, 0.717) is 11.7 Å². The van der Waals surface area contributed by atoms with Gasteiger partial charge in [0.2, 0.25) is 0 Å². The average Bonchev–Trinajstić information content (AvgIpc) is 2.28. The van der Waals surface area contributed by atoms with Gasteiger partial charge in [-0.15, -0.1) is 0 Å². The number of carbonyl (C=O) groups excluding carboxylic acids is 1. The summed E-state index contributed by atoms with van der Waals surface area (Å²) in [5.74, 6) is 0.885. The summed E-state index contributed by atoms with van der Waals surface area (Å²) < 4.78 is 0. The molecule has 1 aliphatic rings. The zero-order valence-electron chi connectivity index (χ0n) is 8.86. The van der Waals surface area contributed by atoms with E-state index in [4.69, 9.17) is 0 Å². The van der Waals surface area contributed by atoms with Gasteiger partial charge in [0.25, 0.3) is 0 Å². The van der Waals surface area contributed by atoms with E-state index in [1.165, 1.54) is 5.56 Å². The van der Waals surface area contributed by atoms with Crippen LogP contribution >= 0.6 is 0 Å². The normalized spacial score (nSPS) is 22.1. The highest BCUT2D eigenvalue weighted by Gasteiger charge is 2.16. The predicted molar refractivity (Wildman–Crippen MR) is 62.4 cm³/mol. The molecule has 0 bridgehead atoms. The molecular formula is C14H16O. The Morgan fingerprint density at radius 3 is 2.73 bits per heavy atom. The van der Waals surface area contributed by atoms with Gasteiger partial charge in [-0.2, -0.15) is 0 Å². The number of allylic oxidation sites excluding steroid dienone is 1. The molecule has 1 aromatic rings. The zero-order valence-corrected chi connectivity index (χ0v) is 8.86. The molecule has 0 aliphatic heterocycles. The van der Waals surface area contributed by atoms with Gasteiger partial charge in [0.15, 0.2) is 0 Å². The summed E-state index contributed by atoms with van der Waals surface area (Å²) in [4.78, 5) is 11.3. The average molecular weight is 200 g/mol. The van der Waals surface area contributed by atoms with Crippen LogP contribution in [0.15, 0.2) is 36.4 Å². The zero-order chi connectivity index (χ0) is 10.5. The monoisotopic (exact) mass is 200 g/mol. The van der Waals surface area contributed by atoms with Crippen LogP contribution in [-0.2, 0) is 4.79 Å². The van der Waals surface area contributed by atoms with Gasteiger partial charge in [0.05, 0.1) is 0 Å². The lowest BCUT2D eigenvalue weighted by Gasteiger charge is -2.16. The summed E-state index contributed by atoms with van der Waals surface area (Å²) in [6, 6.07) is 10.3. The smallest absolute Gasteiger partial charge is 0.133 e. The first-order chi connectivity index (χ1) is 7.34. The number of hydrogen-bond acceptors (Lipinski definition) is 1. The summed E-state index contributed by atoms with van der Waals surface area (Å²) in [6.45, 7) is 0. The van der Waals surface area contributed by atoms with Gasteiger partial charge in [-0.25, -0.2) is 0 Å². The van der Waals surface area contributed by atoms with Crippen LogP contribution in [-0.4, -0.2) is 5.78 Å². The Labute approximate surface area is 90.8 Å². The maximum Gasteiger partial charge on any atom is 0.133 e. The minimum atomic E-state index is 0.420. The van der Waals surface area contributed by atoms with Gasteiger partial charge in [0, 0.05) is 12.8 Å². The molecule has 2 rings (SSSR count). The molecule has 1 fully saturated rings. The Kier molecular flexibility index (Phi) is 3.33. The molecule has 0 amide bonds. The second-order valence-corrected chi connectivity index (χ2v) is 4.16. The van der Waals surface area contributed by atoms with Gasteiger partial charge in [0.1, 0.15) is 5.78 Å². The first-order valence-corrected chi connectivity index (χ1v) is 5.59. The topological polar surface area (TPSA) is 17.1 Å². The molecule has 1 unspecified atom stereocenters. The van der Waals surface area contributed by atoms with E-state index in [1.54, 1.807) is 0 Å². The molecule has 0 heterocycles. The van der Waals surface area contributed by atoms with Gasteiger partial charge in [-0.3, -0.25) is 4.79 Å². The molecule has 1 atom stereocenters. The Morgan fingerprint density at radius 2 is 2.00 bits per heavy atom. The van der Waals surface area contributed by atoms with Gasteiger partial charge in [-0.05, 0) is 24.3 Å². The molecule has 1 aliphatic carbocycles. The summed E-state index contributed by atoms with van der Waals surface area (Å²) in [5, 5.41) is 0. The van der Waals surface area contributed by atoms with E-state index in [9.17, 15) is 4.79 Å². The number of benzene rings is 1. The third-order valence-electron chi connectivity index (χ3n) is 2.88. The van der Waals surface area contributed by atoms with Crippen molar-refractivity contribution in [3.63, 3.8) is 0 Å². The van der Waals surface area contributed by atoms with Crippen LogP contribution in [0.4, 0.5) is 0 Å². The number of ketones is 1. The fourth-order valence-corrected chi connectivity index (χ4v) is 2.03. The van der Waals surface area contributed by atoms with Crippen molar-refractivity contribution < 1.29 is 4.79 Å². The van der Waals surface area contributed by atoms with Crippen molar-refractivity contribution in [1.29, 1.82) is 0 Å². The van der Waals surface area contributed by atoms with E-state index in [1.807, 2.05) is 18.2 Å². The maximum atomic E-state index is 11.3. The van der Waals surface area contributed by atoms with E-state index < -0.39 is 0 Å². The minimum Gasteiger partial charge on any atom is -0.300 e. The predicted octanol–water partition coefficient (Wildman–Crippen LogP) is 3.46. The van der Waals surface area contributed by atoms with Crippen molar-refractivity contribution in [2.75, 3.05) is 0 Å². The van der Waals surface area contributed by atoms with Crippen LogP contribution in [0.2, 0.25) is 0 Å². The van der Waals surface area contributed by atoms with Crippen LogP contribution in [0.25, 0.3) is 6.08 Å². The SMILES string of the molecule is O=C1CCCC(C=Cc2ccccc2)C1. The molecule has 1 heteroatoms. The lowest BCUT2D eigenvalue weighted by molar-refractivity contribution is -0.121. The molecule has 0 saturated heterocycles. The van der Waals surface area contributed by atoms with Crippen LogP contribution in [0, 0.1) is 5.92 Å². The minimum absolute atomic E-state index is 0.420. The highest BCUT2D eigenvalue weighted by atomic mass is 16.1. The van der Waals surface area contributed by atoms with Crippen molar-refractivity contribution >= 4 is 11.9 Å². The maximum absolute atomic E-state index is 11.3. The molecule has 0 radical (unpaired) electrons. The largest absolute Gasteiger partial charge is 0.300 e. The Bertz CT molecular complexity index is 351. The molecule has 78 valence electrons. The van der Waals surface area contributed by atoms with Crippen LogP contribution in [0.5, 0.6) is 0 Å². The third kappa shape index (κ3) is 3.05. The van der Waals surface area contributed by atoms with Gasteiger partial charge < -0.3 is 0 Å². The van der Waals surface area contributed by atoms with Crippen molar-refractivity contribution in [2.24, 2.45) is 5.92 Å². The number of carbonyl (C=O) groups is 1. The number of hydrogen-bond donors (Lipinski definition) is 0. The molecule has 0 spiro atoms. The van der Waals surface area contributed by atoms with Crippen LogP contribution in [0.1, 0.15) is 31.2 Å². The second kappa shape index (κ2) is 4.92. The summed E-state index contributed by atoms with van der Waals surface area (Å²) >= 11 is 0. The fraction of sp³-hybridized carbons (Fsp3) is 0.357. The first-order valence-electron chi connectivity index (χ1n) is 5.59. The van der Waals surface area contributed by atoms with Crippen molar-refractivity contribution in [3.8, 4) is 0 Å². The summed E-state index contributed by atoms with van der Waals surface area (Å²) in [5.41, 5.74) is 1.22. The third-order valence-corrected chi connectivity index (χ3v) is 2.88. The molecule has 0 N–H and O–H groups in total. The molecule has 0 aromatic heterocycles. The number of rotatable bonds is 2. The lowest BCUT2D eigenvalue weighted by Crippen LogP contribution is -2.12. The Hall–Kier alpha value is -1.37. The number of Topliss-reactive ketones (excluding diaryl/α,β-unsaturated/α-hetero) is 1. The fourth-order valence-electron chi connectivity index (χ4n) is 2.03. The summed E-state index contributed by atoms with van der Waals surface area (Å²) in [6.07, 6.45) is 8.06. The Morgan fingerprint density at radius 1 is 1.20 bits per heavy atom. The van der Waals surface area contributed by atoms with Crippen molar-refractivity contribution in [1.82, 2.24) is 0 Å². The molecule has 15 heavy (non-hydrogen) atoms. The van der Waals surface area contributed by atoms with Crippen LogP contribution in [0.3, 0.4) is 0 Å². The van der Waals surface area contributed by atoms with E-state index in [-0.39, 0.29) is 0 Å². The first kappa shape index (κ1) is 10.2. The van der Waals surface area contributed by atoms with Gasteiger partial charge in [-0.1, -0.05) is 42.5 Å². The van der Waals surface area contributed by atoms with Gasteiger partial charge >= 0.3 is 0 Å². The highest BCUT2D eigenvalue weighted by Crippen LogP contribution is 2.23. The standard InChI is InChI=1S/C14H16O/c15-14-8-4-7-13(11-14)10-9-12-5-2-1-3-6-12/h1-3,5-6,9-10,13H,4,7-8,11H2.